The lowest BCUT2D eigenvalue weighted by molar-refractivity contribution is -0.131. The summed E-state index contributed by atoms with van der Waals surface area (Å²) in [5.74, 6) is 0.238. The van der Waals surface area contributed by atoms with Gasteiger partial charge in [-0.05, 0) is 51.2 Å². The van der Waals surface area contributed by atoms with Crippen molar-refractivity contribution in [2.45, 2.75) is 46.1 Å². The summed E-state index contributed by atoms with van der Waals surface area (Å²) >= 11 is 0. The standard InChI is InChI=1S/C17H26N2O/c1-13-7-8-14(2)16(11-13)15(3)18-12-17(20)19-9-5-4-6-10-19/h7-8,11,15,18H,4-6,9-10,12H2,1-3H3. The van der Waals surface area contributed by atoms with Gasteiger partial charge < -0.3 is 10.2 Å². The minimum absolute atomic E-state index is 0.212. The molecule has 0 aliphatic carbocycles. The van der Waals surface area contributed by atoms with E-state index in [9.17, 15) is 4.79 Å². The lowest BCUT2D eigenvalue weighted by atomic mass is 10.00. The lowest BCUT2D eigenvalue weighted by Crippen LogP contribution is -2.41. The molecule has 1 atom stereocenters. The van der Waals surface area contributed by atoms with Gasteiger partial charge in [0.2, 0.25) is 5.91 Å². The molecule has 0 radical (unpaired) electrons. The molecule has 1 amide bonds. The average molecular weight is 274 g/mol. The molecular weight excluding hydrogens is 248 g/mol. The van der Waals surface area contributed by atoms with Crippen LogP contribution in [0.2, 0.25) is 0 Å². The third-order valence-electron chi connectivity index (χ3n) is 4.17. The molecular formula is C17H26N2O. The first-order valence-corrected chi connectivity index (χ1v) is 7.66. The number of likely N-dealkylation sites (tertiary alicyclic amines) is 1. The Morgan fingerprint density at radius 3 is 2.65 bits per heavy atom. The molecule has 3 nitrogen and oxygen atoms in total. The Kier molecular flexibility index (Phi) is 5.18. The van der Waals surface area contributed by atoms with Crippen LogP contribution in [0.1, 0.15) is 48.9 Å². The van der Waals surface area contributed by atoms with Gasteiger partial charge in [0.1, 0.15) is 0 Å². The first-order chi connectivity index (χ1) is 9.58. The largest absolute Gasteiger partial charge is 0.342 e. The topological polar surface area (TPSA) is 32.3 Å². The molecule has 1 fully saturated rings. The molecule has 110 valence electrons. The highest BCUT2D eigenvalue weighted by molar-refractivity contribution is 5.78. The van der Waals surface area contributed by atoms with Gasteiger partial charge in [-0.1, -0.05) is 23.8 Å². The minimum Gasteiger partial charge on any atom is -0.342 e. The van der Waals surface area contributed by atoms with Gasteiger partial charge in [0.25, 0.3) is 0 Å². The molecule has 1 aromatic carbocycles. The quantitative estimate of drug-likeness (QED) is 0.915. The fraction of sp³-hybridized carbons (Fsp3) is 0.588. The highest BCUT2D eigenvalue weighted by Crippen LogP contribution is 2.18. The zero-order valence-corrected chi connectivity index (χ0v) is 12.9. The molecule has 1 aromatic rings. The van der Waals surface area contributed by atoms with Gasteiger partial charge in [-0.2, -0.15) is 0 Å². The summed E-state index contributed by atoms with van der Waals surface area (Å²) in [5, 5.41) is 3.37. The molecule has 1 aliphatic heterocycles. The lowest BCUT2D eigenvalue weighted by Gasteiger charge is -2.27. The number of piperidine rings is 1. The maximum atomic E-state index is 12.1. The van der Waals surface area contributed by atoms with E-state index in [1.54, 1.807) is 0 Å². The molecule has 20 heavy (non-hydrogen) atoms. The second-order valence-electron chi connectivity index (χ2n) is 5.90. The first kappa shape index (κ1) is 15.0. The van der Waals surface area contributed by atoms with Crippen LogP contribution in [-0.2, 0) is 4.79 Å². The van der Waals surface area contributed by atoms with E-state index >= 15 is 0 Å². The first-order valence-electron chi connectivity index (χ1n) is 7.66. The molecule has 1 saturated heterocycles. The number of hydrogen-bond donors (Lipinski definition) is 1. The van der Waals surface area contributed by atoms with Gasteiger partial charge in [0, 0.05) is 19.1 Å². The summed E-state index contributed by atoms with van der Waals surface area (Å²) in [6.45, 7) is 8.66. The van der Waals surface area contributed by atoms with Crippen LogP contribution in [-0.4, -0.2) is 30.4 Å². The zero-order valence-electron chi connectivity index (χ0n) is 12.9. The summed E-state index contributed by atoms with van der Waals surface area (Å²) in [6.07, 6.45) is 3.56. The van der Waals surface area contributed by atoms with Crippen molar-refractivity contribution < 1.29 is 4.79 Å². The number of hydrogen-bond acceptors (Lipinski definition) is 2. The van der Waals surface area contributed by atoms with Gasteiger partial charge in [0.05, 0.1) is 6.54 Å². The Balaban J connectivity index is 1.89. The molecule has 1 N–H and O–H groups in total. The second-order valence-corrected chi connectivity index (χ2v) is 5.90. The van der Waals surface area contributed by atoms with Crippen molar-refractivity contribution in [1.82, 2.24) is 10.2 Å². The highest BCUT2D eigenvalue weighted by Gasteiger charge is 2.17. The van der Waals surface area contributed by atoms with Crippen molar-refractivity contribution in [2.75, 3.05) is 19.6 Å². The van der Waals surface area contributed by atoms with Gasteiger partial charge in [-0.25, -0.2) is 0 Å². The van der Waals surface area contributed by atoms with E-state index in [4.69, 9.17) is 0 Å². The van der Waals surface area contributed by atoms with E-state index < -0.39 is 0 Å². The Bertz CT molecular complexity index is 464. The maximum absolute atomic E-state index is 12.1. The van der Waals surface area contributed by atoms with E-state index in [1.165, 1.54) is 23.1 Å². The number of nitrogens with zero attached hydrogens (tertiary/aromatic N) is 1. The number of nitrogens with one attached hydrogen (secondary N) is 1. The van der Waals surface area contributed by atoms with Crippen LogP contribution in [0.5, 0.6) is 0 Å². The predicted octanol–water partition coefficient (Wildman–Crippen LogP) is 2.97. The normalized spacial score (nSPS) is 17.1. The average Bonchev–Trinajstić information content (AvgIpc) is 2.47. The Morgan fingerprint density at radius 2 is 1.95 bits per heavy atom. The van der Waals surface area contributed by atoms with Crippen molar-refractivity contribution in [3.8, 4) is 0 Å². The molecule has 0 aromatic heterocycles. The van der Waals surface area contributed by atoms with Gasteiger partial charge >= 0.3 is 0 Å². The summed E-state index contributed by atoms with van der Waals surface area (Å²) in [5.41, 5.74) is 3.83. The number of carbonyl (C=O) groups is 1. The summed E-state index contributed by atoms with van der Waals surface area (Å²) in [6, 6.07) is 6.70. The van der Waals surface area contributed by atoms with Crippen LogP contribution >= 0.6 is 0 Å². The molecule has 1 heterocycles. The van der Waals surface area contributed by atoms with Gasteiger partial charge in [0.15, 0.2) is 0 Å². The molecule has 0 bridgehead atoms. The fourth-order valence-corrected chi connectivity index (χ4v) is 2.83. The van der Waals surface area contributed by atoms with Crippen LogP contribution in [0.3, 0.4) is 0 Å². The number of amides is 1. The van der Waals surface area contributed by atoms with Crippen LogP contribution in [0.25, 0.3) is 0 Å². The molecule has 2 rings (SSSR count). The number of carbonyl (C=O) groups excluding carboxylic acids is 1. The molecule has 0 saturated carbocycles. The number of rotatable bonds is 4. The van der Waals surface area contributed by atoms with E-state index in [0.717, 1.165) is 25.9 Å². The zero-order chi connectivity index (χ0) is 14.5. The van der Waals surface area contributed by atoms with E-state index in [2.05, 4.69) is 44.3 Å². The Labute approximate surface area is 122 Å². The highest BCUT2D eigenvalue weighted by atomic mass is 16.2. The molecule has 1 unspecified atom stereocenters. The van der Waals surface area contributed by atoms with E-state index in [0.29, 0.717) is 6.54 Å². The van der Waals surface area contributed by atoms with Crippen LogP contribution in [0, 0.1) is 13.8 Å². The number of aryl methyl sites for hydroxylation is 2. The Morgan fingerprint density at radius 1 is 1.25 bits per heavy atom. The van der Waals surface area contributed by atoms with Crippen molar-refractivity contribution in [3.63, 3.8) is 0 Å². The number of benzene rings is 1. The monoisotopic (exact) mass is 274 g/mol. The predicted molar refractivity (Wildman–Crippen MR) is 82.8 cm³/mol. The van der Waals surface area contributed by atoms with Crippen LogP contribution < -0.4 is 5.32 Å². The van der Waals surface area contributed by atoms with Crippen LogP contribution in [0.15, 0.2) is 18.2 Å². The Hall–Kier alpha value is -1.35. The maximum Gasteiger partial charge on any atom is 0.236 e. The van der Waals surface area contributed by atoms with E-state index in [-0.39, 0.29) is 11.9 Å². The minimum atomic E-state index is 0.212. The van der Waals surface area contributed by atoms with Gasteiger partial charge in [-0.15, -0.1) is 0 Å². The van der Waals surface area contributed by atoms with Gasteiger partial charge in [-0.3, -0.25) is 4.79 Å². The van der Waals surface area contributed by atoms with Crippen molar-refractivity contribution >= 4 is 5.91 Å². The summed E-state index contributed by atoms with van der Waals surface area (Å²) in [4.78, 5) is 14.1. The van der Waals surface area contributed by atoms with Crippen molar-refractivity contribution in [1.29, 1.82) is 0 Å². The van der Waals surface area contributed by atoms with Crippen LogP contribution in [0.4, 0.5) is 0 Å². The SMILES string of the molecule is Cc1ccc(C)c(C(C)NCC(=O)N2CCCCC2)c1. The third kappa shape index (κ3) is 3.83. The second kappa shape index (κ2) is 6.89. The molecule has 0 spiro atoms. The molecule has 1 aliphatic rings. The van der Waals surface area contributed by atoms with Crippen molar-refractivity contribution in [3.05, 3.63) is 34.9 Å². The third-order valence-corrected chi connectivity index (χ3v) is 4.17. The molecule has 3 heteroatoms. The fourth-order valence-electron chi connectivity index (χ4n) is 2.83. The summed E-state index contributed by atoms with van der Waals surface area (Å²) in [7, 11) is 0. The van der Waals surface area contributed by atoms with E-state index in [1.807, 2.05) is 4.90 Å². The van der Waals surface area contributed by atoms with Crippen molar-refractivity contribution in [2.24, 2.45) is 0 Å². The smallest absolute Gasteiger partial charge is 0.236 e. The summed E-state index contributed by atoms with van der Waals surface area (Å²) < 4.78 is 0.